The number of aryl methyl sites for hydroxylation is 1. The van der Waals surface area contributed by atoms with Crippen LogP contribution in [0.5, 0.6) is 0 Å². The summed E-state index contributed by atoms with van der Waals surface area (Å²) in [4.78, 5) is 15.1. The molecule has 1 aliphatic heterocycles. The summed E-state index contributed by atoms with van der Waals surface area (Å²) in [6.45, 7) is 4.68. The third-order valence-corrected chi connectivity index (χ3v) is 6.31. The van der Waals surface area contributed by atoms with E-state index in [1.807, 2.05) is 11.1 Å². The highest BCUT2D eigenvalue weighted by Gasteiger charge is 2.39. The number of benzene rings is 1. The molecule has 2 fully saturated rings. The van der Waals surface area contributed by atoms with Gasteiger partial charge in [0.05, 0.1) is 23.9 Å². The second-order valence-electron chi connectivity index (χ2n) is 8.70. The highest BCUT2D eigenvalue weighted by Crippen LogP contribution is 2.40. The van der Waals surface area contributed by atoms with Crippen LogP contribution in [0.4, 0.5) is 0 Å². The van der Waals surface area contributed by atoms with E-state index in [0.29, 0.717) is 25.3 Å². The summed E-state index contributed by atoms with van der Waals surface area (Å²) in [5, 5.41) is 19.6. The van der Waals surface area contributed by atoms with Crippen LogP contribution in [0.25, 0.3) is 0 Å². The molecule has 1 saturated heterocycles. The van der Waals surface area contributed by atoms with E-state index in [2.05, 4.69) is 48.4 Å². The van der Waals surface area contributed by atoms with Gasteiger partial charge in [-0.2, -0.15) is 0 Å². The number of carbonyl (C=O) groups is 1. The monoisotopic (exact) mass is 396 g/mol. The first-order valence-electron chi connectivity index (χ1n) is 11.0. The van der Waals surface area contributed by atoms with Crippen molar-refractivity contribution in [3.63, 3.8) is 0 Å². The summed E-state index contributed by atoms with van der Waals surface area (Å²) in [6.07, 6.45) is 7.90. The van der Waals surface area contributed by atoms with Gasteiger partial charge in [0.25, 0.3) is 0 Å². The van der Waals surface area contributed by atoms with Crippen molar-refractivity contribution in [3.05, 3.63) is 47.3 Å². The Labute approximate surface area is 172 Å². The van der Waals surface area contributed by atoms with E-state index in [1.54, 1.807) is 4.68 Å². The molecule has 1 saturated carbocycles. The Morgan fingerprint density at radius 1 is 1.21 bits per heavy atom. The molecule has 4 rings (SSSR count). The summed E-state index contributed by atoms with van der Waals surface area (Å²) in [7, 11) is 0. The topological polar surface area (TPSA) is 71.2 Å². The molecule has 1 amide bonds. The minimum atomic E-state index is -0.560. The maximum atomic E-state index is 13.1. The molecule has 0 spiro atoms. The fraction of sp³-hybridized carbons (Fsp3) is 0.609. The molecule has 1 aromatic carbocycles. The number of rotatable bonds is 7. The molecule has 1 N–H and O–H groups in total. The van der Waals surface area contributed by atoms with Gasteiger partial charge in [0.2, 0.25) is 5.91 Å². The van der Waals surface area contributed by atoms with Gasteiger partial charge in [-0.3, -0.25) is 4.79 Å². The van der Waals surface area contributed by atoms with Crippen LogP contribution in [-0.2, 0) is 4.79 Å². The van der Waals surface area contributed by atoms with Crippen LogP contribution in [0.3, 0.4) is 0 Å². The van der Waals surface area contributed by atoms with E-state index in [0.717, 1.165) is 30.5 Å². The average molecular weight is 397 g/mol. The number of unbranched alkanes of at least 4 members (excludes halogenated alkanes) is 2. The summed E-state index contributed by atoms with van der Waals surface area (Å²) in [5.41, 5.74) is 3.30. The van der Waals surface area contributed by atoms with E-state index >= 15 is 0 Å². The first-order chi connectivity index (χ1) is 14.1. The quantitative estimate of drug-likeness (QED) is 0.720. The van der Waals surface area contributed by atoms with Crippen molar-refractivity contribution in [2.24, 2.45) is 0 Å². The lowest BCUT2D eigenvalue weighted by Gasteiger charge is -2.42. The standard InChI is InChI=1S/C23H32N4O2/c1-3-4-5-6-23(29)26-15-21(27-14-19(24-25-27)17-11-12-17)22(28)13-20(26)18-9-7-16(2)8-10-18/h7-10,14,17,20-22,28H,3-6,11-13,15H2,1-2H3/t20-,21+,22+/m1/s1. The Bertz CT molecular complexity index is 828. The Kier molecular flexibility index (Phi) is 5.99. The lowest BCUT2D eigenvalue weighted by atomic mass is 9.89. The Morgan fingerprint density at radius 2 is 1.97 bits per heavy atom. The van der Waals surface area contributed by atoms with E-state index in [9.17, 15) is 9.90 Å². The number of carbonyl (C=O) groups excluding carboxylic acids is 1. The lowest BCUT2D eigenvalue weighted by Crippen LogP contribution is -2.48. The highest BCUT2D eigenvalue weighted by molar-refractivity contribution is 5.77. The number of amides is 1. The number of aliphatic hydroxyl groups excluding tert-OH is 1. The van der Waals surface area contributed by atoms with Crippen LogP contribution in [0, 0.1) is 6.92 Å². The van der Waals surface area contributed by atoms with Crippen molar-refractivity contribution in [1.29, 1.82) is 0 Å². The number of piperidine rings is 1. The largest absolute Gasteiger partial charge is 0.391 e. The Morgan fingerprint density at radius 3 is 2.66 bits per heavy atom. The number of hydrogen-bond donors (Lipinski definition) is 1. The molecule has 0 bridgehead atoms. The molecule has 6 heteroatoms. The smallest absolute Gasteiger partial charge is 0.223 e. The van der Waals surface area contributed by atoms with Gasteiger partial charge in [-0.05, 0) is 31.7 Å². The number of likely N-dealkylation sites (tertiary alicyclic amines) is 1. The second-order valence-corrected chi connectivity index (χ2v) is 8.70. The van der Waals surface area contributed by atoms with Crippen LogP contribution < -0.4 is 0 Å². The molecule has 2 heterocycles. The molecule has 3 atom stereocenters. The average Bonchev–Trinajstić information content (AvgIpc) is 3.46. The van der Waals surface area contributed by atoms with E-state index in [-0.39, 0.29) is 18.0 Å². The zero-order valence-electron chi connectivity index (χ0n) is 17.5. The van der Waals surface area contributed by atoms with Crippen LogP contribution in [-0.4, -0.2) is 43.6 Å². The third kappa shape index (κ3) is 4.53. The molecule has 29 heavy (non-hydrogen) atoms. The van der Waals surface area contributed by atoms with Crippen molar-refractivity contribution in [1.82, 2.24) is 19.9 Å². The Balaban J connectivity index is 1.56. The molecule has 6 nitrogen and oxygen atoms in total. The zero-order chi connectivity index (χ0) is 20.4. The number of aliphatic hydroxyl groups is 1. The minimum Gasteiger partial charge on any atom is -0.391 e. The number of nitrogens with zero attached hydrogens (tertiary/aromatic N) is 4. The summed E-state index contributed by atoms with van der Waals surface area (Å²) in [6, 6.07) is 7.98. The number of aromatic nitrogens is 3. The SMILES string of the molecule is CCCCCC(=O)N1C[C@H](n2cc(C3CC3)nn2)[C@@H](O)C[C@@H]1c1ccc(C)cc1. The van der Waals surface area contributed by atoms with Crippen molar-refractivity contribution in [2.45, 2.75) is 82.9 Å². The predicted molar refractivity (Wildman–Crippen MR) is 111 cm³/mol. The zero-order valence-corrected chi connectivity index (χ0v) is 17.5. The van der Waals surface area contributed by atoms with Gasteiger partial charge >= 0.3 is 0 Å². The molecule has 0 radical (unpaired) electrons. The van der Waals surface area contributed by atoms with Crippen LogP contribution in [0.2, 0.25) is 0 Å². The van der Waals surface area contributed by atoms with E-state index in [4.69, 9.17) is 0 Å². The predicted octanol–water partition coefficient (Wildman–Crippen LogP) is 3.92. The van der Waals surface area contributed by atoms with Gasteiger partial charge in [-0.15, -0.1) is 5.10 Å². The first kappa shape index (κ1) is 20.1. The van der Waals surface area contributed by atoms with Gasteiger partial charge in [-0.1, -0.05) is 54.8 Å². The fourth-order valence-electron chi connectivity index (χ4n) is 4.29. The van der Waals surface area contributed by atoms with Gasteiger partial charge in [0, 0.05) is 31.5 Å². The molecule has 156 valence electrons. The summed E-state index contributed by atoms with van der Waals surface area (Å²) in [5.74, 6) is 0.694. The minimum absolute atomic E-state index is 0.0950. The normalized spacial score (nSPS) is 24.7. The van der Waals surface area contributed by atoms with E-state index < -0.39 is 6.10 Å². The fourth-order valence-corrected chi connectivity index (χ4v) is 4.29. The molecular weight excluding hydrogens is 364 g/mol. The maximum Gasteiger partial charge on any atom is 0.223 e. The van der Waals surface area contributed by atoms with Crippen LogP contribution in [0.1, 0.15) is 86.7 Å². The maximum absolute atomic E-state index is 13.1. The Hall–Kier alpha value is -2.21. The highest BCUT2D eigenvalue weighted by atomic mass is 16.3. The van der Waals surface area contributed by atoms with Gasteiger partial charge in [-0.25, -0.2) is 4.68 Å². The first-order valence-corrected chi connectivity index (χ1v) is 11.0. The molecule has 1 aliphatic carbocycles. The second kappa shape index (κ2) is 8.66. The van der Waals surface area contributed by atoms with Gasteiger partial charge in [0.15, 0.2) is 0 Å². The molecule has 2 aromatic rings. The summed E-state index contributed by atoms with van der Waals surface area (Å²) < 4.78 is 1.79. The third-order valence-electron chi connectivity index (χ3n) is 6.31. The van der Waals surface area contributed by atoms with Crippen molar-refractivity contribution in [2.75, 3.05) is 6.54 Å². The van der Waals surface area contributed by atoms with Crippen LogP contribution in [0.15, 0.2) is 30.5 Å². The van der Waals surface area contributed by atoms with Crippen molar-refractivity contribution >= 4 is 5.91 Å². The van der Waals surface area contributed by atoms with Crippen LogP contribution >= 0.6 is 0 Å². The van der Waals surface area contributed by atoms with Crippen molar-refractivity contribution in [3.8, 4) is 0 Å². The van der Waals surface area contributed by atoms with E-state index in [1.165, 1.54) is 18.4 Å². The molecular formula is C23H32N4O2. The van der Waals surface area contributed by atoms with Gasteiger partial charge in [0.1, 0.15) is 0 Å². The molecule has 2 aliphatic rings. The van der Waals surface area contributed by atoms with Gasteiger partial charge < -0.3 is 10.0 Å². The molecule has 1 aromatic heterocycles. The lowest BCUT2D eigenvalue weighted by molar-refractivity contribution is -0.139. The molecule has 0 unspecified atom stereocenters. The number of hydrogen-bond acceptors (Lipinski definition) is 4. The van der Waals surface area contributed by atoms with Crippen molar-refractivity contribution < 1.29 is 9.90 Å². The summed E-state index contributed by atoms with van der Waals surface area (Å²) >= 11 is 0.